The molecule has 2 heterocycles. The van der Waals surface area contributed by atoms with Gasteiger partial charge in [0.15, 0.2) is 11.0 Å². The molecule has 0 bridgehead atoms. The number of aromatic nitrogens is 4. The molecule has 0 saturated heterocycles. The molecular weight excluding hydrogens is 467 g/mol. The van der Waals surface area contributed by atoms with E-state index in [1.54, 1.807) is 12.1 Å². The van der Waals surface area contributed by atoms with E-state index in [0.717, 1.165) is 23.2 Å². The van der Waals surface area contributed by atoms with Crippen LogP contribution >= 0.6 is 23.4 Å². The predicted octanol–water partition coefficient (Wildman–Crippen LogP) is 5.48. The predicted molar refractivity (Wildman–Crippen MR) is 113 cm³/mol. The van der Waals surface area contributed by atoms with Gasteiger partial charge in [-0.3, -0.25) is 4.79 Å². The summed E-state index contributed by atoms with van der Waals surface area (Å²) in [6.45, 7) is 0. The quantitative estimate of drug-likeness (QED) is 0.339. The lowest BCUT2D eigenvalue weighted by atomic mass is 10.2. The highest BCUT2D eigenvalue weighted by molar-refractivity contribution is 7.98. The van der Waals surface area contributed by atoms with E-state index in [2.05, 4.69) is 25.4 Å². The fraction of sp³-hybridized carbons (Fsp3) is 0.200. The molecule has 0 aliphatic heterocycles. The van der Waals surface area contributed by atoms with Gasteiger partial charge in [-0.05, 0) is 42.5 Å². The fourth-order valence-corrected chi connectivity index (χ4v) is 3.70. The number of nitrogens with zero attached hydrogens (tertiary/aromatic N) is 3. The van der Waals surface area contributed by atoms with Crippen molar-refractivity contribution in [1.82, 2.24) is 20.1 Å². The largest absolute Gasteiger partial charge is 0.416 e. The van der Waals surface area contributed by atoms with E-state index >= 15 is 0 Å². The van der Waals surface area contributed by atoms with Gasteiger partial charge in [0.05, 0.1) is 22.3 Å². The van der Waals surface area contributed by atoms with Crippen molar-refractivity contribution in [3.05, 3.63) is 64.8 Å². The zero-order valence-corrected chi connectivity index (χ0v) is 17.8. The summed E-state index contributed by atoms with van der Waals surface area (Å²) in [6, 6.07) is 9.60. The minimum absolute atomic E-state index is 0.0418. The second kappa shape index (κ2) is 9.21. The smallest absolute Gasteiger partial charge is 0.339 e. The van der Waals surface area contributed by atoms with E-state index < -0.39 is 11.7 Å². The van der Waals surface area contributed by atoms with Crippen LogP contribution in [-0.2, 0) is 23.1 Å². The first-order valence-corrected chi connectivity index (χ1v) is 10.7. The van der Waals surface area contributed by atoms with Crippen LogP contribution in [0.1, 0.15) is 23.7 Å². The van der Waals surface area contributed by atoms with Crippen molar-refractivity contribution in [3.63, 3.8) is 0 Å². The van der Waals surface area contributed by atoms with Crippen molar-refractivity contribution in [1.29, 1.82) is 0 Å². The standard InChI is InChI=1S/C20H15ClF3N5O2S/c21-12-3-6-14-15(9-12)27-19(26-14)32-10-16-28-18(31-29-16)8-7-17(30)25-13-4-1-11(2-5-13)20(22,23)24/h1-6,9H,7-8,10H2,(H,25,30)(H,26,27). The number of benzene rings is 2. The number of fused-ring (bicyclic) bond motifs is 1. The number of H-pyrrole nitrogens is 1. The molecular formula is C20H15ClF3N5O2S. The minimum Gasteiger partial charge on any atom is -0.339 e. The first kappa shape index (κ1) is 22.2. The topological polar surface area (TPSA) is 96.7 Å². The first-order chi connectivity index (χ1) is 15.3. The number of aromatic amines is 1. The lowest BCUT2D eigenvalue weighted by molar-refractivity contribution is -0.137. The number of rotatable bonds is 7. The summed E-state index contributed by atoms with van der Waals surface area (Å²) < 4.78 is 42.9. The highest BCUT2D eigenvalue weighted by atomic mass is 35.5. The number of hydrogen-bond acceptors (Lipinski definition) is 6. The van der Waals surface area contributed by atoms with E-state index in [9.17, 15) is 18.0 Å². The van der Waals surface area contributed by atoms with Gasteiger partial charge in [-0.25, -0.2) is 4.98 Å². The van der Waals surface area contributed by atoms with Gasteiger partial charge in [0.1, 0.15) is 0 Å². The van der Waals surface area contributed by atoms with Crippen molar-refractivity contribution >= 4 is 46.0 Å². The molecule has 4 aromatic rings. The summed E-state index contributed by atoms with van der Waals surface area (Å²) in [7, 11) is 0. The van der Waals surface area contributed by atoms with E-state index in [1.165, 1.54) is 23.9 Å². The molecule has 2 aromatic carbocycles. The monoisotopic (exact) mass is 481 g/mol. The van der Waals surface area contributed by atoms with Crippen molar-refractivity contribution < 1.29 is 22.5 Å². The maximum atomic E-state index is 12.6. The van der Waals surface area contributed by atoms with Crippen LogP contribution in [0.2, 0.25) is 5.02 Å². The Morgan fingerprint density at radius 1 is 1.16 bits per heavy atom. The lowest BCUT2D eigenvalue weighted by Crippen LogP contribution is -2.13. The van der Waals surface area contributed by atoms with Crippen LogP contribution in [0, 0.1) is 0 Å². The van der Waals surface area contributed by atoms with E-state index in [4.69, 9.17) is 16.1 Å². The number of halogens is 4. The van der Waals surface area contributed by atoms with Crippen LogP contribution in [0.25, 0.3) is 11.0 Å². The number of nitrogens with one attached hydrogen (secondary N) is 2. The van der Waals surface area contributed by atoms with Gasteiger partial charge < -0.3 is 14.8 Å². The summed E-state index contributed by atoms with van der Waals surface area (Å²) in [6.07, 6.45) is -4.18. The molecule has 0 saturated carbocycles. The minimum atomic E-state index is -4.42. The molecule has 166 valence electrons. The summed E-state index contributed by atoms with van der Waals surface area (Å²) in [5, 5.41) is 7.72. The van der Waals surface area contributed by atoms with Gasteiger partial charge in [-0.1, -0.05) is 28.5 Å². The third-order valence-electron chi connectivity index (χ3n) is 4.33. The number of carbonyl (C=O) groups is 1. The third-order valence-corrected chi connectivity index (χ3v) is 5.44. The third kappa shape index (κ3) is 5.60. The number of imidazole rings is 1. The second-order valence-electron chi connectivity index (χ2n) is 6.72. The molecule has 0 unspecified atom stereocenters. The highest BCUT2D eigenvalue weighted by Gasteiger charge is 2.30. The molecule has 1 amide bonds. The molecule has 0 aliphatic carbocycles. The van der Waals surface area contributed by atoms with Crippen LogP contribution < -0.4 is 5.32 Å². The Hall–Kier alpha value is -3.05. The molecule has 0 atom stereocenters. The Balaban J connectivity index is 1.26. The Morgan fingerprint density at radius 3 is 2.69 bits per heavy atom. The molecule has 32 heavy (non-hydrogen) atoms. The van der Waals surface area contributed by atoms with Crippen LogP contribution in [-0.4, -0.2) is 26.0 Å². The Labute approximate surface area is 188 Å². The molecule has 0 spiro atoms. The fourth-order valence-electron chi connectivity index (χ4n) is 2.80. The number of alkyl halides is 3. The van der Waals surface area contributed by atoms with Gasteiger partial charge in [0.25, 0.3) is 0 Å². The first-order valence-electron chi connectivity index (χ1n) is 9.33. The normalized spacial score (nSPS) is 11.8. The maximum Gasteiger partial charge on any atom is 0.416 e. The van der Waals surface area contributed by atoms with Crippen LogP contribution in [0.5, 0.6) is 0 Å². The molecule has 0 radical (unpaired) electrons. The summed E-state index contributed by atoms with van der Waals surface area (Å²) in [4.78, 5) is 23.9. The van der Waals surface area contributed by atoms with Gasteiger partial charge in [0, 0.05) is 23.6 Å². The van der Waals surface area contributed by atoms with Crippen molar-refractivity contribution in [2.75, 3.05) is 5.32 Å². The van der Waals surface area contributed by atoms with Crippen molar-refractivity contribution in [3.8, 4) is 0 Å². The number of thioether (sulfide) groups is 1. The number of aryl methyl sites for hydroxylation is 1. The van der Waals surface area contributed by atoms with Gasteiger partial charge in [-0.15, -0.1) is 0 Å². The SMILES string of the molecule is O=C(CCc1nc(CSc2nc3ccc(Cl)cc3[nH]2)no1)Nc1ccc(C(F)(F)F)cc1. The molecule has 12 heteroatoms. The van der Waals surface area contributed by atoms with Gasteiger partial charge >= 0.3 is 6.18 Å². The van der Waals surface area contributed by atoms with Gasteiger partial charge in [-0.2, -0.15) is 18.2 Å². The number of anilines is 1. The zero-order valence-electron chi connectivity index (χ0n) is 16.2. The molecule has 2 aromatic heterocycles. The van der Waals surface area contributed by atoms with Crippen LogP contribution in [0.15, 0.2) is 52.1 Å². The summed E-state index contributed by atoms with van der Waals surface area (Å²) in [5.41, 5.74) is 1.12. The lowest BCUT2D eigenvalue weighted by Gasteiger charge is -2.08. The van der Waals surface area contributed by atoms with E-state index in [1.807, 2.05) is 6.07 Å². The Morgan fingerprint density at radius 2 is 1.94 bits per heavy atom. The summed E-state index contributed by atoms with van der Waals surface area (Å²) >= 11 is 7.36. The molecule has 0 fully saturated rings. The van der Waals surface area contributed by atoms with Crippen LogP contribution in [0.4, 0.5) is 18.9 Å². The number of carbonyl (C=O) groups excluding carboxylic acids is 1. The van der Waals surface area contributed by atoms with Crippen molar-refractivity contribution in [2.24, 2.45) is 0 Å². The molecule has 4 rings (SSSR count). The average Bonchev–Trinajstić information content (AvgIpc) is 3.36. The molecule has 2 N–H and O–H groups in total. The highest BCUT2D eigenvalue weighted by Crippen LogP contribution is 2.30. The number of amides is 1. The number of hydrogen-bond donors (Lipinski definition) is 2. The van der Waals surface area contributed by atoms with Gasteiger partial charge in [0.2, 0.25) is 11.8 Å². The maximum absolute atomic E-state index is 12.6. The summed E-state index contributed by atoms with van der Waals surface area (Å²) in [5.74, 6) is 0.778. The van der Waals surface area contributed by atoms with E-state index in [0.29, 0.717) is 27.6 Å². The Bertz CT molecular complexity index is 1240. The Kier molecular flexibility index (Phi) is 6.38. The van der Waals surface area contributed by atoms with Crippen molar-refractivity contribution in [2.45, 2.75) is 29.9 Å². The van der Waals surface area contributed by atoms with Crippen LogP contribution in [0.3, 0.4) is 0 Å². The van der Waals surface area contributed by atoms with E-state index in [-0.39, 0.29) is 24.4 Å². The molecule has 7 nitrogen and oxygen atoms in total. The average molecular weight is 482 g/mol. The molecule has 0 aliphatic rings. The zero-order chi connectivity index (χ0) is 22.7. The second-order valence-corrected chi connectivity index (χ2v) is 8.12.